The van der Waals surface area contributed by atoms with Gasteiger partial charge in [0.2, 0.25) is 10.9 Å². The van der Waals surface area contributed by atoms with E-state index in [1.54, 1.807) is 22.8 Å². The van der Waals surface area contributed by atoms with Crippen molar-refractivity contribution in [3.8, 4) is 0 Å². The normalized spacial score (nSPS) is 11.2. The number of hydrogen-bond acceptors (Lipinski definition) is 5. The highest BCUT2D eigenvalue weighted by atomic mass is 35.5. The number of thioether (sulfide) groups is 1. The van der Waals surface area contributed by atoms with Crippen molar-refractivity contribution >= 4 is 29.1 Å². The van der Waals surface area contributed by atoms with Crippen molar-refractivity contribution in [1.29, 1.82) is 5.41 Å². The fraction of sp³-hybridized carbons (Fsp3) is 0.231. The lowest BCUT2D eigenvalue weighted by Gasteiger charge is -2.11. The molecule has 1 N–H and O–H groups in total. The van der Waals surface area contributed by atoms with Gasteiger partial charge in [-0.3, -0.25) is 5.41 Å². The van der Waals surface area contributed by atoms with E-state index in [4.69, 9.17) is 17.0 Å². The van der Waals surface area contributed by atoms with E-state index in [0.717, 1.165) is 11.3 Å². The summed E-state index contributed by atoms with van der Waals surface area (Å²) in [5, 5.41) is 13.4. The number of aromatic nitrogens is 5. The van der Waals surface area contributed by atoms with Gasteiger partial charge in [0.15, 0.2) is 5.49 Å². The molecule has 0 aliphatic carbocycles. The lowest BCUT2D eigenvalue weighted by atomic mass is 10.2. The van der Waals surface area contributed by atoms with Gasteiger partial charge in [-0.15, -0.1) is 5.10 Å². The van der Waals surface area contributed by atoms with Crippen molar-refractivity contribution in [1.82, 2.24) is 24.1 Å². The standard InChI is InChI=1S/C13H13ClN6S/c1-8-5-11(15)20-13(17-12(18-20)21-2)19(8)7-9-3-4-10(14)16-6-9/h3-6,15H,7H2,1-2H3. The molecule has 0 bridgehead atoms. The molecule has 21 heavy (non-hydrogen) atoms. The summed E-state index contributed by atoms with van der Waals surface area (Å²) in [5.74, 6) is 0.652. The Labute approximate surface area is 130 Å². The molecule has 3 aromatic heterocycles. The van der Waals surface area contributed by atoms with Crippen molar-refractivity contribution in [3.63, 3.8) is 0 Å². The number of halogens is 1. The summed E-state index contributed by atoms with van der Waals surface area (Å²) in [6, 6.07) is 5.47. The summed E-state index contributed by atoms with van der Waals surface area (Å²) in [6.45, 7) is 2.56. The average Bonchev–Trinajstić information content (AvgIpc) is 2.90. The van der Waals surface area contributed by atoms with Crippen LogP contribution in [-0.2, 0) is 6.54 Å². The van der Waals surface area contributed by atoms with E-state index in [0.29, 0.717) is 28.1 Å². The van der Waals surface area contributed by atoms with Crippen molar-refractivity contribution < 1.29 is 0 Å². The number of hydrogen-bond donors (Lipinski definition) is 1. The zero-order valence-electron chi connectivity index (χ0n) is 11.5. The maximum absolute atomic E-state index is 8.01. The SMILES string of the molecule is CSc1nc2n(Cc3ccc(Cl)nc3)c(C)cc(=N)n2n1. The maximum Gasteiger partial charge on any atom is 0.235 e. The molecule has 6 nitrogen and oxygen atoms in total. The molecule has 108 valence electrons. The molecule has 0 aliphatic rings. The predicted molar refractivity (Wildman–Crippen MR) is 81.7 cm³/mol. The molecule has 0 fully saturated rings. The van der Waals surface area contributed by atoms with Crippen LogP contribution in [-0.4, -0.2) is 30.4 Å². The fourth-order valence-electron chi connectivity index (χ4n) is 2.08. The third-order valence-electron chi connectivity index (χ3n) is 3.12. The molecule has 0 radical (unpaired) electrons. The van der Waals surface area contributed by atoms with Gasteiger partial charge in [0.25, 0.3) is 0 Å². The Bertz CT molecular complexity index is 851. The molecular formula is C13H13ClN6S. The second-order valence-corrected chi connectivity index (χ2v) is 5.72. The van der Waals surface area contributed by atoms with Gasteiger partial charge in [-0.25, -0.2) is 4.98 Å². The van der Waals surface area contributed by atoms with Crippen LogP contribution in [0.15, 0.2) is 29.6 Å². The lowest BCUT2D eigenvalue weighted by molar-refractivity contribution is 0.715. The van der Waals surface area contributed by atoms with Gasteiger partial charge in [0, 0.05) is 18.0 Å². The molecule has 3 heterocycles. The van der Waals surface area contributed by atoms with Crippen LogP contribution in [0.1, 0.15) is 11.3 Å². The highest BCUT2D eigenvalue weighted by Gasteiger charge is 2.11. The topological polar surface area (TPSA) is 71.9 Å². The summed E-state index contributed by atoms with van der Waals surface area (Å²) in [5.41, 5.74) is 2.28. The summed E-state index contributed by atoms with van der Waals surface area (Å²) in [6.07, 6.45) is 3.66. The van der Waals surface area contributed by atoms with Crippen LogP contribution >= 0.6 is 23.4 Å². The smallest absolute Gasteiger partial charge is 0.235 e. The zero-order chi connectivity index (χ0) is 15.0. The first-order valence-corrected chi connectivity index (χ1v) is 7.85. The number of nitrogens with one attached hydrogen (secondary N) is 1. The summed E-state index contributed by atoms with van der Waals surface area (Å²) >= 11 is 7.27. The molecule has 3 rings (SSSR count). The van der Waals surface area contributed by atoms with Gasteiger partial charge < -0.3 is 4.57 Å². The fourth-order valence-corrected chi connectivity index (χ4v) is 2.53. The largest absolute Gasteiger partial charge is 0.310 e. The number of rotatable bonds is 3. The Morgan fingerprint density at radius 2 is 2.19 bits per heavy atom. The highest BCUT2D eigenvalue weighted by Crippen LogP contribution is 2.13. The van der Waals surface area contributed by atoms with E-state index >= 15 is 0 Å². The van der Waals surface area contributed by atoms with Gasteiger partial charge >= 0.3 is 0 Å². The van der Waals surface area contributed by atoms with Crippen molar-refractivity contribution in [2.45, 2.75) is 18.6 Å². The van der Waals surface area contributed by atoms with Gasteiger partial charge in [0.05, 0.1) is 6.54 Å². The first kappa shape index (κ1) is 14.1. The molecule has 0 amide bonds. The van der Waals surface area contributed by atoms with Crippen LogP contribution in [0.5, 0.6) is 0 Å². The van der Waals surface area contributed by atoms with E-state index < -0.39 is 0 Å². The molecule has 0 unspecified atom stereocenters. The van der Waals surface area contributed by atoms with Gasteiger partial charge in [-0.1, -0.05) is 29.4 Å². The Hall–Kier alpha value is -1.86. The molecule has 3 aromatic rings. The molecule has 0 aromatic carbocycles. The Morgan fingerprint density at radius 3 is 2.86 bits per heavy atom. The number of pyridine rings is 1. The highest BCUT2D eigenvalue weighted by molar-refractivity contribution is 7.98. The molecule has 0 saturated heterocycles. The second kappa shape index (κ2) is 5.50. The minimum absolute atomic E-state index is 0.320. The van der Waals surface area contributed by atoms with Crippen LogP contribution in [0.3, 0.4) is 0 Å². The van der Waals surface area contributed by atoms with Crippen molar-refractivity contribution in [2.75, 3.05) is 6.26 Å². The van der Waals surface area contributed by atoms with E-state index in [2.05, 4.69) is 15.1 Å². The monoisotopic (exact) mass is 320 g/mol. The van der Waals surface area contributed by atoms with E-state index in [1.807, 2.05) is 23.8 Å². The maximum atomic E-state index is 8.01. The molecule has 0 aliphatic heterocycles. The van der Waals surface area contributed by atoms with Crippen LogP contribution in [0.4, 0.5) is 0 Å². The molecule has 0 spiro atoms. The minimum atomic E-state index is 0.320. The van der Waals surface area contributed by atoms with E-state index in [9.17, 15) is 0 Å². The van der Waals surface area contributed by atoms with Crippen molar-refractivity contribution in [2.24, 2.45) is 0 Å². The molecule has 0 atom stereocenters. The molecule has 8 heteroatoms. The second-order valence-electron chi connectivity index (χ2n) is 4.56. The zero-order valence-corrected chi connectivity index (χ0v) is 13.1. The van der Waals surface area contributed by atoms with Gasteiger partial charge in [-0.2, -0.15) is 9.50 Å². The van der Waals surface area contributed by atoms with Crippen LogP contribution in [0.25, 0.3) is 5.78 Å². The Kier molecular flexibility index (Phi) is 3.69. The van der Waals surface area contributed by atoms with Crippen LogP contribution in [0.2, 0.25) is 5.15 Å². The third-order valence-corrected chi connectivity index (χ3v) is 3.89. The molecular weight excluding hydrogens is 308 g/mol. The summed E-state index contributed by atoms with van der Waals surface area (Å²) in [4.78, 5) is 8.57. The Morgan fingerprint density at radius 1 is 1.38 bits per heavy atom. The van der Waals surface area contributed by atoms with Gasteiger partial charge in [-0.05, 0) is 24.8 Å². The van der Waals surface area contributed by atoms with Crippen molar-refractivity contribution in [3.05, 3.63) is 46.3 Å². The van der Waals surface area contributed by atoms with E-state index in [-0.39, 0.29) is 0 Å². The summed E-state index contributed by atoms with van der Waals surface area (Å²) in [7, 11) is 0. The summed E-state index contributed by atoms with van der Waals surface area (Å²) < 4.78 is 3.55. The Balaban J connectivity index is 2.14. The third kappa shape index (κ3) is 2.66. The van der Waals surface area contributed by atoms with E-state index in [1.165, 1.54) is 11.8 Å². The van der Waals surface area contributed by atoms with Gasteiger partial charge in [0.1, 0.15) is 5.15 Å². The first-order valence-electron chi connectivity index (χ1n) is 6.24. The quantitative estimate of drug-likeness (QED) is 0.593. The number of aryl methyl sites for hydroxylation is 1. The lowest BCUT2D eigenvalue weighted by Crippen LogP contribution is -2.20. The van der Waals surface area contributed by atoms with Crippen LogP contribution < -0.4 is 5.49 Å². The molecule has 0 saturated carbocycles. The number of nitrogens with zero attached hydrogens (tertiary/aromatic N) is 5. The predicted octanol–water partition coefficient (Wildman–Crippen LogP) is 2.14. The number of fused-ring (bicyclic) bond motifs is 1. The average molecular weight is 321 g/mol. The minimum Gasteiger partial charge on any atom is -0.310 e. The van der Waals surface area contributed by atoms with Crippen LogP contribution in [0, 0.1) is 12.3 Å². The first-order chi connectivity index (χ1) is 10.1.